The summed E-state index contributed by atoms with van der Waals surface area (Å²) < 4.78 is 13.3. The van der Waals surface area contributed by atoms with Crippen LogP contribution in [0.25, 0.3) is 0 Å². The zero-order valence-electron chi connectivity index (χ0n) is 11.7. The fourth-order valence-electron chi connectivity index (χ4n) is 2.71. The molecule has 1 aliphatic rings. The topological polar surface area (TPSA) is 35.5 Å². The predicted molar refractivity (Wildman–Crippen MR) is 75.9 cm³/mol. The molecule has 1 fully saturated rings. The summed E-state index contributed by atoms with van der Waals surface area (Å²) >= 11 is 0. The molecule has 2 rings (SSSR count). The standard InChI is InChI=1S/C15H23FN2O/c1-3-18(14-6-4-5-13(16)9-14)10-15(11-19,17-2)12-7-8-12/h4-6,9,12,17,19H,3,7-8,10-11H2,1-2H3. The summed E-state index contributed by atoms with van der Waals surface area (Å²) in [6.07, 6.45) is 2.31. The van der Waals surface area contributed by atoms with Gasteiger partial charge in [0.2, 0.25) is 0 Å². The Labute approximate surface area is 114 Å². The van der Waals surface area contributed by atoms with Crippen molar-refractivity contribution in [1.82, 2.24) is 5.32 Å². The molecule has 0 spiro atoms. The van der Waals surface area contributed by atoms with Gasteiger partial charge in [-0.1, -0.05) is 6.07 Å². The van der Waals surface area contributed by atoms with Crippen LogP contribution in [0.2, 0.25) is 0 Å². The zero-order chi connectivity index (χ0) is 13.9. The van der Waals surface area contributed by atoms with E-state index in [2.05, 4.69) is 17.1 Å². The number of anilines is 1. The second-order valence-corrected chi connectivity index (χ2v) is 5.33. The maximum absolute atomic E-state index is 13.3. The van der Waals surface area contributed by atoms with E-state index in [-0.39, 0.29) is 18.0 Å². The summed E-state index contributed by atoms with van der Waals surface area (Å²) in [5, 5.41) is 13.1. The normalized spacial score (nSPS) is 18.1. The minimum absolute atomic E-state index is 0.111. The molecule has 0 heterocycles. The van der Waals surface area contributed by atoms with Gasteiger partial charge in [-0.15, -0.1) is 0 Å². The SMILES string of the molecule is CCN(CC(CO)(NC)C1CC1)c1cccc(F)c1. The van der Waals surface area contributed by atoms with Crippen LogP contribution >= 0.6 is 0 Å². The van der Waals surface area contributed by atoms with Crippen molar-refractivity contribution in [3.63, 3.8) is 0 Å². The molecule has 4 heteroatoms. The number of nitrogens with one attached hydrogen (secondary N) is 1. The van der Waals surface area contributed by atoms with Gasteiger partial charge in [0.05, 0.1) is 12.1 Å². The van der Waals surface area contributed by atoms with Gasteiger partial charge in [-0.3, -0.25) is 0 Å². The fourth-order valence-corrected chi connectivity index (χ4v) is 2.71. The van der Waals surface area contributed by atoms with Crippen LogP contribution in [-0.4, -0.2) is 37.4 Å². The molecule has 3 nitrogen and oxygen atoms in total. The lowest BCUT2D eigenvalue weighted by molar-refractivity contribution is 0.152. The van der Waals surface area contributed by atoms with Crippen molar-refractivity contribution in [1.29, 1.82) is 0 Å². The largest absolute Gasteiger partial charge is 0.394 e. The van der Waals surface area contributed by atoms with E-state index in [1.807, 2.05) is 13.1 Å². The fraction of sp³-hybridized carbons (Fsp3) is 0.600. The quantitative estimate of drug-likeness (QED) is 0.792. The molecule has 1 saturated carbocycles. The van der Waals surface area contributed by atoms with Crippen molar-refractivity contribution in [3.05, 3.63) is 30.1 Å². The Balaban J connectivity index is 2.17. The lowest BCUT2D eigenvalue weighted by Crippen LogP contribution is -2.56. The van der Waals surface area contributed by atoms with Gasteiger partial charge >= 0.3 is 0 Å². The summed E-state index contributed by atoms with van der Waals surface area (Å²) in [6.45, 7) is 3.65. The van der Waals surface area contributed by atoms with Crippen molar-refractivity contribution in [3.8, 4) is 0 Å². The molecule has 106 valence electrons. The van der Waals surface area contributed by atoms with Crippen LogP contribution in [0.15, 0.2) is 24.3 Å². The summed E-state index contributed by atoms with van der Waals surface area (Å²) in [5.74, 6) is 0.298. The number of likely N-dealkylation sites (N-methyl/N-ethyl adjacent to an activating group) is 2. The molecule has 0 aliphatic heterocycles. The molecule has 1 aromatic rings. The molecule has 1 aromatic carbocycles. The van der Waals surface area contributed by atoms with Gasteiger partial charge in [0.25, 0.3) is 0 Å². The summed E-state index contributed by atoms with van der Waals surface area (Å²) in [4.78, 5) is 2.12. The summed E-state index contributed by atoms with van der Waals surface area (Å²) in [6, 6.07) is 6.64. The Morgan fingerprint density at radius 2 is 2.21 bits per heavy atom. The summed E-state index contributed by atoms with van der Waals surface area (Å²) in [5.41, 5.74) is 0.596. The zero-order valence-corrected chi connectivity index (χ0v) is 11.7. The number of rotatable bonds is 7. The molecule has 2 N–H and O–H groups in total. The number of benzene rings is 1. The first-order valence-electron chi connectivity index (χ1n) is 6.95. The number of nitrogens with zero attached hydrogens (tertiary/aromatic N) is 1. The molecule has 1 unspecified atom stereocenters. The third kappa shape index (κ3) is 3.07. The van der Waals surface area contributed by atoms with E-state index >= 15 is 0 Å². The minimum Gasteiger partial charge on any atom is -0.394 e. The third-order valence-electron chi connectivity index (χ3n) is 4.17. The molecule has 0 bridgehead atoms. The minimum atomic E-state index is -0.275. The van der Waals surface area contributed by atoms with Crippen molar-refractivity contribution in [2.75, 3.05) is 31.6 Å². The first-order chi connectivity index (χ1) is 9.15. The van der Waals surface area contributed by atoms with Crippen LogP contribution in [0.5, 0.6) is 0 Å². The van der Waals surface area contributed by atoms with E-state index < -0.39 is 0 Å². The lowest BCUT2D eigenvalue weighted by atomic mass is 9.93. The van der Waals surface area contributed by atoms with E-state index in [1.54, 1.807) is 12.1 Å². The highest BCUT2D eigenvalue weighted by molar-refractivity contribution is 5.47. The Kier molecular flexibility index (Phi) is 4.42. The smallest absolute Gasteiger partial charge is 0.125 e. The number of hydrogen-bond acceptors (Lipinski definition) is 3. The van der Waals surface area contributed by atoms with Crippen molar-refractivity contribution in [2.45, 2.75) is 25.3 Å². The molecule has 0 saturated heterocycles. The van der Waals surface area contributed by atoms with Crippen molar-refractivity contribution in [2.24, 2.45) is 5.92 Å². The molecule has 19 heavy (non-hydrogen) atoms. The highest BCUT2D eigenvalue weighted by atomic mass is 19.1. The van der Waals surface area contributed by atoms with Crippen LogP contribution in [0, 0.1) is 11.7 Å². The van der Waals surface area contributed by atoms with E-state index in [0.29, 0.717) is 12.5 Å². The first kappa shape index (κ1) is 14.3. The maximum atomic E-state index is 13.3. The van der Waals surface area contributed by atoms with Gasteiger partial charge < -0.3 is 15.3 Å². The number of halogens is 1. The van der Waals surface area contributed by atoms with Crippen LogP contribution < -0.4 is 10.2 Å². The second-order valence-electron chi connectivity index (χ2n) is 5.33. The van der Waals surface area contributed by atoms with Crippen molar-refractivity contribution < 1.29 is 9.50 Å². The molecule has 1 atom stereocenters. The summed E-state index contributed by atoms with van der Waals surface area (Å²) in [7, 11) is 1.90. The third-order valence-corrected chi connectivity index (χ3v) is 4.17. The Bertz CT molecular complexity index is 416. The van der Waals surface area contributed by atoms with Gasteiger partial charge in [-0.2, -0.15) is 0 Å². The van der Waals surface area contributed by atoms with E-state index in [0.717, 1.165) is 25.1 Å². The van der Waals surface area contributed by atoms with Crippen molar-refractivity contribution >= 4 is 5.69 Å². The van der Waals surface area contributed by atoms with E-state index in [9.17, 15) is 9.50 Å². The van der Waals surface area contributed by atoms with Crippen LogP contribution in [-0.2, 0) is 0 Å². The predicted octanol–water partition coefficient (Wildman–Crippen LogP) is 2.01. The van der Waals surface area contributed by atoms with Gasteiger partial charge in [0.15, 0.2) is 0 Å². The van der Waals surface area contributed by atoms with Gasteiger partial charge in [0, 0.05) is 18.8 Å². The maximum Gasteiger partial charge on any atom is 0.125 e. The number of hydrogen-bond donors (Lipinski definition) is 2. The Morgan fingerprint density at radius 1 is 1.47 bits per heavy atom. The average Bonchev–Trinajstić information content (AvgIpc) is 3.26. The van der Waals surface area contributed by atoms with Gasteiger partial charge in [0.1, 0.15) is 5.82 Å². The monoisotopic (exact) mass is 266 g/mol. The van der Waals surface area contributed by atoms with Crippen LogP contribution in [0.4, 0.5) is 10.1 Å². The van der Waals surface area contributed by atoms with Crippen LogP contribution in [0.1, 0.15) is 19.8 Å². The Morgan fingerprint density at radius 3 is 2.68 bits per heavy atom. The molecular weight excluding hydrogens is 243 g/mol. The van der Waals surface area contributed by atoms with Crippen LogP contribution in [0.3, 0.4) is 0 Å². The average molecular weight is 266 g/mol. The molecule has 1 aliphatic carbocycles. The van der Waals surface area contributed by atoms with Gasteiger partial charge in [-0.25, -0.2) is 4.39 Å². The highest BCUT2D eigenvalue weighted by Crippen LogP contribution is 2.40. The molecule has 0 radical (unpaired) electrons. The van der Waals surface area contributed by atoms with Gasteiger partial charge in [-0.05, 0) is 50.9 Å². The number of aliphatic hydroxyl groups is 1. The second kappa shape index (κ2) is 5.88. The van der Waals surface area contributed by atoms with E-state index in [4.69, 9.17) is 0 Å². The molecule has 0 aromatic heterocycles. The molecular formula is C15H23FN2O. The highest BCUT2D eigenvalue weighted by Gasteiger charge is 2.44. The lowest BCUT2D eigenvalue weighted by Gasteiger charge is -2.38. The number of aliphatic hydroxyl groups excluding tert-OH is 1. The first-order valence-corrected chi connectivity index (χ1v) is 6.95. The Hall–Kier alpha value is -1.13. The molecule has 0 amide bonds. The van der Waals surface area contributed by atoms with E-state index in [1.165, 1.54) is 6.07 Å².